The van der Waals surface area contributed by atoms with Gasteiger partial charge in [0.15, 0.2) is 0 Å². The quantitative estimate of drug-likeness (QED) is 0.305. The molecule has 0 radical (unpaired) electrons. The van der Waals surface area contributed by atoms with Gasteiger partial charge >= 0.3 is 0 Å². The lowest BCUT2D eigenvalue weighted by molar-refractivity contribution is -0.385. The third kappa shape index (κ3) is 6.20. The molecule has 0 fully saturated rings. The SMILES string of the molecule is CN(CN(C)/N=C/c1cccc([N+](=O)[O-])c1)N=Cc1cccc([N+](=O)[O-])c1. The van der Waals surface area contributed by atoms with Gasteiger partial charge in [-0.25, -0.2) is 0 Å². The molecule has 0 saturated carbocycles. The summed E-state index contributed by atoms with van der Waals surface area (Å²) < 4.78 is 0. The van der Waals surface area contributed by atoms with Gasteiger partial charge in [-0.3, -0.25) is 30.2 Å². The van der Waals surface area contributed by atoms with E-state index in [1.54, 1.807) is 48.4 Å². The van der Waals surface area contributed by atoms with Gasteiger partial charge in [-0.2, -0.15) is 10.2 Å². The predicted octanol–water partition coefficient (Wildman–Crippen LogP) is 2.69. The Labute approximate surface area is 155 Å². The molecule has 10 nitrogen and oxygen atoms in total. The predicted molar refractivity (Wildman–Crippen MR) is 102 cm³/mol. The first-order valence-electron chi connectivity index (χ1n) is 7.84. The van der Waals surface area contributed by atoms with Crippen LogP contribution in [0.15, 0.2) is 58.7 Å². The summed E-state index contributed by atoms with van der Waals surface area (Å²) in [5.41, 5.74) is 1.22. The summed E-state index contributed by atoms with van der Waals surface area (Å²) in [4.78, 5) is 20.6. The molecule has 0 N–H and O–H groups in total. The molecule has 27 heavy (non-hydrogen) atoms. The zero-order valence-electron chi connectivity index (χ0n) is 14.8. The van der Waals surface area contributed by atoms with Gasteiger partial charge in [-0.1, -0.05) is 24.3 Å². The Bertz CT molecular complexity index is 812. The van der Waals surface area contributed by atoms with Crippen LogP contribution in [0.25, 0.3) is 0 Å². The van der Waals surface area contributed by atoms with Gasteiger partial charge in [0.2, 0.25) is 0 Å². The van der Waals surface area contributed by atoms with Gasteiger partial charge in [-0.05, 0) is 0 Å². The molecule has 2 aromatic carbocycles. The summed E-state index contributed by atoms with van der Waals surface area (Å²) in [6.45, 7) is 0.344. The van der Waals surface area contributed by atoms with Crippen molar-refractivity contribution in [1.82, 2.24) is 10.0 Å². The summed E-state index contributed by atoms with van der Waals surface area (Å²) >= 11 is 0. The molecule has 0 spiro atoms. The fraction of sp³-hybridized carbons (Fsp3) is 0.176. The average molecular weight is 370 g/mol. The van der Waals surface area contributed by atoms with Crippen LogP contribution in [-0.4, -0.2) is 53.1 Å². The van der Waals surface area contributed by atoms with E-state index >= 15 is 0 Å². The summed E-state index contributed by atoms with van der Waals surface area (Å²) in [5.74, 6) is 0. The fourth-order valence-corrected chi connectivity index (χ4v) is 2.14. The van der Waals surface area contributed by atoms with Crippen LogP contribution in [0.1, 0.15) is 11.1 Å². The monoisotopic (exact) mass is 370 g/mol. The van der Waals surface area contributed by atoms with Crippen LogP contribution in [0.3, 0.4) is 0 Å². The largest absolute Gasteiger partial charge is 0.279 e. The Morgan fingerprint density at radius 1 is 0.852 bits per heavy atom. The van der Waals surface area contributed by atoms with Crippen LogP contribution >= 0.6 is 0 Å². The number of nitro groups is 2. The number of hydrazone groups is 2. The molecule has 140 valence electrons. The van der Waals surface area contributed by atoms with E-state index in [9.17, 15) is 20.2 Å². The van der Waals surface area contributed by atoms with Crippen molar-refractivity contribution in [3.63, 3.8) is 0 Å². The Kier molecular flexibility index (Phi) is 6.53. The summed E-state index contributed by atoms with van der Waals surface area (Å²) in [5, 5.41) is 33.2. The molecule has 0 heterocycles. The van der Waals surface area contributed by atoms with Gasteiger partial charge in [0.05, 0.1) is 22.3 Å². The number of nitro benzene ring substituents is 2. The highest BCUT2D eigenvalue weighted by Crippen LogP contribution is 2.12. The van der Waals surface area contributed by atoms with E-state index in [0.717, 1.165) is 0 Å². The third-order valence-electron chi connectivity index (χ3n) is 3.38. The maximum absolute atomic E-state index is 10.8. The molecular formula is C17H18N6O4. The first-order chi connectivity index (χ1) is 12.8. The molecule has 0 unspecified atom stereocenters. The lowest BCUT2D eigenvalue weighted by Gasteiger charge is -2.19. The van der Waals surface area contributed by atoms with Crippen molar-refractivity contribution in [2.24, 2.45) is 10.2 Å². The topological polar surface area (TPSA) is 117 Å². The number of hydrogen-bond acceptors (Lipinski definition) is 8. The second-order valence-electron chi connectivity index (χ2n) is 5.65. The van der Waals surface area contributed by atoms with Gasteiger partial charge in [0.25, 0.3) is 11.4 Å². The zero-order chi connectivity index (χ0) is 19.8. The third-order valence-corrected chi connectivity index (χ3v) is 3.38. The van der Waals surface area contributed by atoms with E-state index in [2.05, 4.69) is 10.2 Å². The lowest BCUT2D eigenvalue weighted by Crippen LogP contribution is -2.26. The van der Waals surface area contributed by atoms with Gasteiger partial charge in [-0.15, -0.1) is 0 Å². The van der Waals surface area contributed by atoms with E-state index in [-0.39, 0.29) is 11.4 Å². The molecule has 0 aromatic heterocycles. The molecule has 0 saturated heterocycles. The van der Waals surface area contributed by atoms with E-state index in [4.69, 9.17) is 0 Å². The highest BCUT2D eigenvalue weighted by molar-refractivity contribution is 5.81. The minimum Gasteiger partial charge on any atom is -0.279 e. The molecule has 0 amide bonds. The van der Waals surface area contributed by atoms with Crippen LogP contribution < -0.4 is 0 Å². The normalized spacial score (nSPS) is 11.0. The lowest BCUT2D eigenvalue weighted by atomic mass is 10.2. The van der Waals surface area contributed by atoms with Gasteiger partial charge in [0, 0.05) is 49.5 Å². The smallest absolute Gasteiger partial charge is 0.270 e. The van der Waals surface area contributed by atoms with Gasteiger partial charge in [0.1, 0.15) is 6.67 Å². The molecule has 0 bridgehead atoms. The molecular weight excluding hydrogens is 352 g/mol. The number of non-ortho nitro benzene ring substituents is 2. The van der Waals surface area contributed by atoms with E-state index in [1.807, 2.05) is 0 Å². The molecule has 0 aliphatic rings. The summed E-state index contributed by atoms with van der Waals surface area (Å²) in [7, 11) is 3.46. The van der Waals surface area contributed by atoms with Crippen molar-refractivity contribution < 1.29 is 9.85 Å². The molecule has 0 atom stereocenters. The van der Waals surface area contributed by atoms with Crippen LogP contribution in [-0.2, 0) is 0 Å². The Morgan fingerprint density at radius 3 is 1.63 bits per heavy atom. The van der Waals surface area contributed by atoms with Crippen LogP contribution in [0.4, 0.5) is 11.4 Å². The van der Waals surface area contributed by atoms with E-state index in [1.165, 1.54) is 36.7 Å². The summed E-state index contributed by atoms with van der Waals surface area (Å²) in [6.07, 6.45) is 3.04. The molecule has 2 rings (SSSR count). The maximum Gasteiger partial charge on any atom is 0.270 e. The number of nitrogens with zero attached hydrogens (tertiary/aromatic N) is 6. The molecule has 0 aliphatic heterocycles. The Balaban J connectivity index is 1.94. The van der Waals surface area contributed by atoms with E-state index in [0.29, 0.717) is 17.8 Å². The fourth-order valence-electron chi connectivity index (χ4n) is 2.14. The maximum atomic E-state index is 10.8. The Morgan fingerprint density at radius 2 is 1.26 bits per heavy atom. The minimum atomic E-state index is -0.461. The van der Waals surface area contributed by atoms with Crippen LogP contribution in [0.5, 0.6) is 0 Å². The van der Waals surface area contributed by atoms with E-state index < -0.39 is 9.85 Å². The molecule has 0 aliphatic carbocycles. The highest BCUT2D eigenvalue weighted by Gasteiger charge is 2.05. The second-order valence-corrected chi connectivity index (χ2v) is 5.65. The van der Waals surface area contributed by atoms with Crippen molar-refractivity contribution in [2.75, 3.05) is 20.8 Å². The van der Waals surface area contributed by atoms with Crippen molar-refractivity contribution >= 4 is 23.8 Å². The first kappa shape index (κ1) is 19.5. The van der Waals surface area contributed by atoms with Gasteiger partial charge < -0.3 is 0 Å². The van der Waals surface area contributed by atoms with Crippen molar-refractivity contribution in [1.29, 1.82) is 0 Å². The van der Waals surface area contributed by atoms with Crippen molar-refractivity contribution in [3.05, 3.63) is 79.9 Å². The molecule has 10 heteroatoms. The van der Waals surface area contributed by atoms with Crippen LogP contribution in [0, 0.1) is 20.2 Å². The standard InChI is InChI=1S/C17H18N6O4/c1-20(18-11-14-5-3-7-16(9-14)22(24)25)13-21(2)19-12-15-6-4-8-17(10-15)23(26)27/h3-12H,13H2,1-2H3/b18-11+,19-12?. The number of rotatable bonds is 8. The summed E-state index contributed by atoms with van der Waals surface area (Å²) in [6, 6.07) is 12.3. The molecule has 2 aromatic rings. The second kappa shape index (κ2) is 9.04. The minimum absolute atomic E-state index is 0.000255. The van der Waals surface area contributed by atoms with Crippen molar-refractivity contribution in [2.45, 2.75) is 0 Å². The van der Waals surface area contributed by atoms with Crippen molar-refractivity contribution in [3.8, 4) is 0 Å². The van der Waals surface area contributed by atoms with Crippen LogP contribution in [0.2, 0.25) is 0 Å². The highest BCUT2D eigenvalue weighted by atomic mass is 16.6. The zero-order valence-corrected chi connectivity index (χ0v) is 14.8. The average Bonchev–Trinajstić information content (AvgIpc) is 2.65. The first-order valence-corrected chi connectivity index (χ1v) is 7.84. The number of benzene rings is 2. The Hall–Kier alpha value is -3.82. The number of hydrogen-bond donors (Lipinski definition) is 0.